The van der Waals surface area contributed by atoms with Gasteiger partial charge in [-0.3, -0.25) is 4.79 Å². The molecular formula is C33H41N7O4. The van der Waals surface area contributed by atoms with Crippen LogP contribution in [0.25, 0.3) is 22.2 Å². The van der Waals surface area contributed by atoms with Gasteiger partial charge in [0.1, 0.15) is 11.3 Å². The molecule has 0 aliphatic rings. The number of aryl methyl sites for hydroxylation is 1. The fourth-order valence-electron chi connectivity index (χ4n) is 4.80. The number of ether oxygens (including phenoxy) is 2. The number of nitrogens with one attached hydrogen (secondary N) is 2. The number of hydrogen-bond donors (Lipinski definition) is 2. The molecule has 11 heteroatoms. The number of aromatic nitrogens is 3. The van der Waals surface area contributed by atoms with Crippen molar-refractivity contribution < 1.29 is 19.1 Å². The maximum atomic E-state index is 13.2. The van der Waals surface area contributed by atoms with Crippen LogP contribution in [0.1, 0.15) is 31.1 Å². The van der Waals surface area contributed by atoms with Crippen LogP contribution in [-0.4, -0.2) is 78.8 Å². The summed E-state index contributed by atoms with van der Waals surface area (Å²) in [5.74, 6) is -0.0963. The maximum absolute atomic E-state index is 13.2. The van der Waals surface area contributed by atoms with Gasteiger partial charge in [-0.05, 0) is 53.1 Å². The first kappa shape index (κ1) is 32.0. The third kappa shape index (κ3) is 7.17. The van der Waals surface area contributed by atoms with Crippen LogP contribution in [0.15, 0.2) is 61.4 Å². The second-order valence-corrected chi connectivity index (χ2v) is 10.9. The minimum absolute atomic E-state index is 0.238. The summed E-state index contributed by atoms with van der Waals surface area (Å²) in [4.78, 5) is 39.0. The van der Waals surface area contributed by atoms with Gasteiger partial charge in [-0.2, -0.15) is 0 Å². The summed E-state index contributed by atoms with van der Waals surface area (Å²) >= 11 is 0. The molecule has 4 rings (SSSR count). The Morgan fingerprint density at radius 3 is 2.52 bits per heavy atom. The zero-order valence-electron chi connectivity index (χ0n) is 26.5. The summed E-state index contributed by atoms with van der Waals surface area (Å²) in [5.41, 5.74) is 4.36. The van der Waals surface area contributed by atoms with Gasteiger partial charge in [0.15, 0.2) is 0 Å². The summed E-state index contributed by atoms with van der Waals surface area (Å²) in [6.07, 6.45) is 4.37. The van der Waals surface area contributed by atoms with Crippen LogP contribution in [0.5, 0.6) is 5.75 Å². The molecular weight excluding hydrogens is 558 g/mol. The second-order valence-electron chi connectivity index (χ2n) is 10.9. The van der Waals surface area contributed by atoms with Crippen molar-refractivity contribution in [1.82, 2.24) is 19.4 Å². The van der Waals surface area contributed by atoms with Crippen LogP contribution in [0.3, 0.4) is 0 Å². The lowest BCUT2D eigenvalue weighted by Crippen LogP contribution is -2.29. The summed E-state index contributed by atoms with van der Waals surface area (Å²) in [7, 11) is 7.53. The molecule has 2 aromatic heterocycles. The lowest BCUT2D eigenvalue weighted by atomic mass is 10.1. The van der Waals surface area contributed by atoms with Crippen LogP contribution in [0, 0.1) is 0 Å². The number of fused-ring (bicyclic) bond motifs is 1. The van der Waals surface area contributed by atoms with Crippen molar-refractivity contribution >= 4 is 45.8 Å². The van der Waals surface area contributed by atoms with Crippen LogP contribution in [0.4, 0.5) is 23.0 Å². The van der Waals surface area contributed by atoms with E-state index in [4.69, 9.17) is 14.5 Å². The van der Waals surface area contributed by atoms with Crippen molar-refractivity contribution in [2.75, 3.05) is 56.9 Å². The molecule has 4 aromatic rings. The van der Waals surface area contributed by atoms with E-state index in [1.807, 2.05) is 62.6 Å². The summed E-state index contributed by atoms with van der Waals surface area (Å²) < 4.78 is 13.4. The lowest BCUT2D eigenvalue weighted by Gasteiger charge is -2.26. The van der Waals surface area contributed by atoms with E-state index in [-0.39, 0.29) is 23.5 Å². The van der Waals surface area contributed by atoms with Crippen LogP contribution in [-0.2, 0) is 16.1 Å². The number of anilines is 4. The van der Waals surface area contributed by atoms with E-state index >= 15 is 0 Å². The van der Waals surface area contributed by atoms with E-state index in [1.165, 1.54) is 12.3 Å². The molecule has 44 heavy (non-hydrogen) atoms. The topological polar surface area (TPSA) is 114 Å². The zero-order valence-corrected chi connectivity index (χ0v) is 26.5. The first-order chi connectivity index (χ1) is 21.1. The molecule has 0 spiro atoms. The number of carbonyl (C=O) groups excluding carboxylic acids is 2. The Morgan fingerprint density at radius 2 is 1.86 bits per heavy atom. The minimum Gasteiger partial charge on any atom is -0.494 e. The van der Waals surface area contributed by atoms with Crippen molar-refractivity contribution in [2.24, 2.45) is 0 Å². The molecule has 0 saturated carbocycles. The number of benzene rings is 2. The Hall–Kier alpha value is -4.90. The number of likely N-dealkylation sites (N-methyl/N-ethyl adjacent to an activating group) is 2. The highest BCUT2D eigenvalue weighted by Crippen LogP contribution is 2.39. The normalized spacial score (nSPS) is 11.1. The van der Waals surface area contributed by atoms with Crippen molar-refractivity contribution in [3.63, 3.8) is 0 Å². The van der Waals surface area contributed by atoms with E-state index in [0.29, 0.717) is 29.4 Å². The summed E-state index contributed by atoms with van der Waals surface area (Å²) in [6, 6.07) is 11.6. The van der Waals surface area contributed by atoms with Gasteiger partial charge in [-0.1, -0.05) is 24.8 Å². The largest absolute Gasteiger partial charge is 0.494 e. The zero-order chi connectivity index (χ0) is 32.0. The van der Waals surface area contributed by atoms with E-state index in [1.54, 1.807) is 27.0 Å². The molecule has 2 aromatic carbocycles. The van der Waals surface area contributed by atoms with Crippen molar-refractivity contribution in [3.8, 4) is 17.0 Å². The number of rotatable bonds is 13. The van der Waals surface area contributed by atoms with Crippen LogP contribution < -0.4 is 20.3 Å². The summed E-state index contributed by atoms with van der Waals surface area (Å²) in [5, 5.41) is 7.10. The molecule has 0 aliphatic heterocycles. The highest BCUT2D eigenvalue weighted by Gasteiger charge is 2.23. The van der Waals surface area contributed by atoms with Crippen LogP contribution in [0.2, 0.25) is 0 Å². The molecule has 0 fully saturated rings. The maximum Gasteiger partial charge on any atom is 0.342 e. The van der Waals surface area contributed by atoms with Crippen molar-refractivity contribution in [1.29, 1.82) is 0 Å². The number of esters is 1. The Bertz CT molecular complexity index is 1660. The third-order valence-electron chi connectivity index (χ3n) is 7.04. The van der Waals surface area contributed by atoms with E-state index in [2.05, 4.69) is 38.6 Å². The number of carbonyl (C=O) groups is 2. The third-order valence-corrected chi connectivity index (χ3v) is 7.04. The standard InChI is InChI=1S/C33H41N7O4/c1-9-30(41)35-25-17-26(29(43-8)18-28(25)39(7)16-15-38(5)6)36-33-34-19-23(32(42)44-21(3)4)31(37-33)24-20-40(10-2)27-14-12-11-13-22(24)27/h9,11-14,17-21H,1,10,15-16H2,2-8H3,(H,35,41)(H,34,36,37). The number of methoxy groups -OCH3 is 1. The molecule has 2 heterocycles. The number of nitrogens with zero attached hydrogens (tertiary/aromatic N) is 5. The van der Waals surface area contributed by atoms with E-state index in [9.17, 15) is 9.59 Å². The number of para-hydroxylation sites is 1. The number of hydrogen-bond acceptors (Lipinski definition) is 9. The number of amides is 1. The highest BCUT2D eigenvalue weighted by atomic mass is 16.5. The molecule has 0 aliphatic carbocycles. The molecule has 1 amide bonds. The predicted octanol–water partition coefficient (Wildman–Crippen LogP) is 5.56. The average molecular weight is 600 g/mol. The lowest BCUT2D eigenvalue weighted by molar-refractivity contribution is -0.111. The predicted molar refractivity (Wildman–Crippen MR) is 176 cm³/mol. The Balaban J connectivity index is 1.83. The van der Waals surface area contributed by atoms with Gasteiger partial charge in [0.2, 0.25) is 11.9 Å². The second kappa shape index (κ2) is 14.0. The Morgan fingerprint density at radius 1 is 1.11 bits per heavy atom. The molecule has 2 N–H and O–H groups in total. The smallest absolute Gasteiger partial charge is 0.342 e. The van der Waals surface area contributed by atoms with Gasteiger partial charge in [-0.15, -0.1) is 0 Å². The quantitative estimate of drug-likeness (QED) is 0.151. The first-order valence-corrected chi connectivity index (χ1v) is 14.5. The molecule has 0 bridgehead atoms. The fourth-order valence-corrected chi connectivity index (χ4v) is 4.80. The van der Waals surface area contributed by atoms with Gasteiger partial charge in [0.05, 0.1) is 36.0 Å². The first-order valence-electron chi connectivity index (χ1n) is 14.5. The monoisotopic (exact) mass is 599 g/mol. The molecule has 0 atom stereocenters. The average Bonchev–Trinajstić information content (AvgIpc) is 3.38. The van der Waals surface area contributed by atoms with Gasteiger partial charge < -0.3 is 34.5 Å². The van der Waals surface area contributed by atoms with Crippen molar-refractivity contribution in [2.45, 2.75) is 33.4 Å². The van der Waals surface area contributed by atoms with E-state index < -0.39 is 5.97 Å². The minimum atomic E-state index is -0.507. The molecule has 0 unspecified atom stereocenters. The molecule has 0 radical (unpaired) electrons. The van der Waals surface area contributed by atoms with Gasteiger partial charge in [0, 0.05) is 61.6 Å². The molecule has 232 valence electrons. The van der Waals surface area contributed by atoms with Crippen molar-refractivity contribution in [3.05, 3.63) is 67.0 Å². The Labute approximate surface area is 258 Å². The van der Waals surface area contributed by atoms with Gasteiger partial charge in [-0.25, -0.2) is 14.8 Å². The van der Waals surface area contributed by atoms with Gasteiger partial charge in [0.25, 0.3) is 0 Å². The SMILES string of the molecule is C=CC(=O)Nc1cc(Nc2ncc(C(=O)OC(C)C)c(-c3cn(CC)c4ccccc34)n2)c(OC)cc1N(C)CCN(C)C. The van der Waals surface area contributed by atoms with Gasteiger partial charge >= 0.3 is 5.97 Å². The van der Waals surface area contributed by atoms with E-state index in [0.717, 1.165) is 35.2 Å². The molecule has 0 saturated heterocycles. The highest BCUT2D eigenvalue weighted by molar-refractivity contribution is 6.04. The summed E-state index contributed by atoms with van der Waals surface area (Å²) in [6.45, 7) is 11.5. The Kier molecular flexibility index (Phi) is 10.2. The van der Waals surface area contributed by atoms with Crippen LogP contribution >= 0.6 is 0 Å². The fraction of sp³-hybridized carbons (Fsp3) is 0.333. The molecule has 11 nitrogen and oxygen atoms in total.